The first-order chi connectivity index (χ1) is 12.7. The number of hydrogen-bond donors (Lipinski definition) is 1. The summed E-state index contributed by atoms with van der Waals surface area (Å²) in [5.74, 6) is -0.913. The van der Waals surface area contributed by atoms with Crippen molar-refractivity contribution >= 4 is 11.9 Å². The molecule has 2 unspecified atom stereocenters. The topological polar surface area (TPSA) is 70.1 Å². The summed E-state index contributed by atoms with van der Waals surface area (Å²) in [6.07, 6.45) is 0. The van der Waals surface area contributed by atoms with Gasteiger partial charge in [0.15, 0.2) is 0 Å². The second-order valence-electron chi connectivity index (χ2n) is 8.90. The van der Waals surface area contributed by atoms with Gasteiger partial charge in [0, 0.05) is 51.3 Å². The Bertz CT molecular complexity index is 710. The molecule has 2 saturated heterocycles. The number of ether oxygens (including phenoxy) is 1. The van der Waals surface area contributed by atoms with E-state index in [1.807, 2.05) is 24.3 Å². The van der Waals surface area contributed by atoms with Crippen molar-refractivity contribution in [3.05, 3.63) is 35.4 Å². The quantitative estimate of drug-likeness (QED) is 0.855. The van der Waals surface area contributed by atoms with Crippen LogP contribution in [-0.2, 0) is 14.9 Å². The van der Waals surface area contributed by atoms with E-state index in [0.29, 0.717) is 31.8 Å². The van der Waals surface area contributed by atoms with Crippen LogP contribution in [0.3, 0.4) is 0 Å². The van der Waals surface area contributed by atoms with Crippen molar-refractivity contribution in [1.29, 1.82) is 0 Å². The fraction of sp³-hybridized carbons (Fsp3) is 0.619. The number of fused-ring (bicyclic) bond motifs is 1. The van der Waals surface area contributed by atoms with Gasteiger partial charge in [-0.2, -0.15) is 0 Å². The van der Waals surface area contributed by atoms with Crippen molar-refractivity contribution < 1.29 is 19.4 Å². The fourth-order valence-corrected chi connectivity index (χ4v) is 4.31. The molecule has 27 heavy (non-hydrogen) atoms. The number of carboxylic acid groups (broad SMARTS) is 1. The van der Waals surface area contributed by atoms with Gasteiger partial charge in [-0.3, -0.25) is 14.5 Å². The van der Waals surface area contributed by atoms with Crippen LogP contribution < -0.4 is 0 Å². The van der Waals surface area contributed by atoms with Gasteiger partial charge in [0.25, 0.3) is 5.91 Å². The van der Waals surface area contributed by atoms with E-state index < -0.39 is 11.4 Å². The van der Waals surface area contributed by atoms with Crippen LogP contribution in [0.4, 0.5) is 0 Å². The van der Waals surface area contributed by atoms with Gasteiger partial charge in [0.1, 0.15) is 5.41 Å². The smallest absolute Gasteiger partial charge is 0.313 e. The highest BCUT2D eigenvalue weighted by Crippen LogP contribution is 2.43. The van der Waals surface area contributed by atoms with Gasteiger partial charge in [-0.1, -0.05) is 32.9 Å². The molecule has 2 atom stereocenters. The van der Waals surface area contributed by atoms with E-state index in [4.69, 9.17) is 4.74 Å². The van der Waals surface area contributed by atoms with E-state index >= 15 is 0 Å². The number of aliphatic carboxylic acids is 1. The zero-order chi connectivity index (χ0) is 19.8. The van der Waals surface area contributed by atoms with Crippen molar-refractivity contribution in [3.8, 4) is 0 Å². The molecule has 0 bridgehead atoms. The number of rotatable bonds is 5. The Morgan fingerprint density at radius 3 is 2.37 bits per heavy atom. The maximum Gasteiger partial charge on any atom is 0.313 e. The molecule has 1 aromatic carbocycles. The number of likely N-dealkylation sites (tertiary alicyclic amines) is 2. The predicted molar refractivity (Wildman–Crippen MR) is 103 cm³/mol. The Labute approximate surface area is 161 Å². The molecule has 1 amide bonds. The number of carboxylic acids is 1. The lowest BCUT2D eigenvalue weighted by Gasteiger charge is -2.25. The van der Waals surface area contributed by atoms with Crippen molar-refractivity contribution in [1.82, 2.24) is 9.80 Å². The van der Waals surface area contributed by atoms with Crippen molar-refractivity contribution in [2.45, 2.75) is 26.2 Å². The van der Waals surface area contributed by atoms with Crippen LogP contribution in [0.15, 0.2) is 24.3 Å². The number of carbonyl (C=O) groups is 2. The van der Waals surface area contributed by atoms with E-state index in [2.05, 4.69) is 25.7 Å². The molecule has 1 aromatic rings. The summed E-state index contributed by atoms with van der Waals surface area (Å²) in [7, 11) is 1.65. The third-order valence-electron chi connectivity index (χ3n) is 6.00. The van der Waals surface area contributed by atoms with Crippen LogP contribution in [0, 0.1) is 11.3 Å². The fourth-order valence-electron chi connectivity index (χ4n) is 4.31. The molecular formula is C21H30N2O4. The molecule has 0 spiro atoms. The Kier molecular flexibility index (Phi) is 5.32. The Balaban J connectivity index is 1.73. The maximum absolute atomic E-state index is 13.0. The molecule has 0 radical (unpaired) electrons. The summed E-state index contributed by atoms with van der Waals surface area (Å²) in [6, 6.07) is 7.69. The lowest BCUT2D eigenvalue weighted by molar-refractivity contribution is -0.148. The average molecular weight is 374 g/mol. The summed E-state index contributed by atoms with van der Waals surface area (Å²) < 4.78 is 5.12. The SMILES string of the molecule is COCCN1CC2CN(C(=O)c3ccc(C(C)(C)C)cc3)CC2(C(=O)O)C1. The molecule has 2 aliphatic rings. The molecule has 2 aliphatic heterocycles. The number of hydrogen-bond acceptors (Lipinski definition) is 4. The van der Waals surface area contributed by atoms with E-state index in [1.165, 1.54) is 5.56 Å². The molecule has 0 aliphatic carbocycles. The first-order valence-corrected chi connectivity index (χ1v) is 9.52. The van der Waals surface area contributed by atoms with Crippen LogP contribution in [0.25, 0.3) is 0 Å². The third kappa shape index (κ3) is 3.73. The molecule has 0 aromatic heterocycles. The molecule has 148 valence electrons. The lowest BCUT2D eigenvalue weighted by atomic mass is 9.81. The molecule has 6 nitrogen and oxygen atoms in total. The van der Waals surface area contributed by atoms with Crippen LogP contribution in [-0.4, -0.2) is 73.2 Å². The second kappa shape index (κ2) is 7.24. The van der Waals surface area contributed by atoms with Gasteiger partial charge in [-0.05, 0) is 23.1 Å². The van der Waals surface area contributed by atoms with Crippen LogP contribution in [0.5, 0.6) is 0 Å². The number of benzene rings is 1. The lowest BCUT2D eigenvalue weighted by Crippen LogP contribution is -2.42. The minimum absolute atomic E-state index is 0.0330. The molecule has 2 heterocycles. The molecule has 6 heteroatoms. The number of carbonyl (C=O) groups excluding carboxylic acids is 1. The normalized spacial score (nSPS) is 25.6. The van der Waals surface area contributed by atoms with E-state index in [0.717, 1.165) is 6.54 Å². The summed E-state index contributed by atoms with van der Waals surface area (Å²) in [4.78, 5) is 28.9. The highest BCUT2D eigenvalue weighted by atomic mass is 16.5. The van der Waals surface area contributed by atoms with E-state index in [9.17, 15) is 14.7 Å². The number of nitrogens with zero attached hydrogens (tertiary/aromatic N) is 2. The van der Waals surface area contributed by atoms with E-state index in [1.54, 1.807) is 12.0 Å². The molecule has 2 fully saturated rings. The standard InChI is InChI=1S/C21H30N2O4/c1-20(2,3)16-7-5-15(6-8-16)18(24)23-12-17-11-22(9-10-27-4)13-21(17,14-23)19(25)26/h5-8,17H,9-14H2,1-4H3,(H,25,26). The zero-order valence-electron chi connectivity index (χ0n) is 16.7. The van der Waals surface area contributed by atoms with Crippen LogP contribution >= 0.6 is 0 Å². The van der Waals surface area contributed by atoms with Gasteiger partial charge < -0.3 is 14.7 Å². The van der Waals surface area contributed by atoms with Gasteiger partial charge in [0.2, 0.25) is 0 Å². The first kappa shape index (κ1) is 19.8. The average Bonchev–Trinajstić information content (AvgIpc) is 3.14. The second-order valence-corrected chi connectivity index (χ2v) is 8.90. The predicted octanol–water partition coefficient (Wildman–Crippen LogP) is 2.09. The first-order valence-electron chi connectivity index (χ1n) is 9.52. The van der Waals surface area contributed by atoms with Gasteiger partial charge in [-0.25, -0.2) is 0 Å². The molecular weight excluding hydrogens is 344 g/mol. The molecule has 1 N–H and O–H groups in total. The van der Waals surface area contributed by atoms with Crippen LogP contribution in [0.2, 0.25) is 0 Å². The largest absolute Gasteiger partial charge is 0.481 e. The summed E-state index contributed by atoms with van der Waals surface area (Å²) in [5.41, 5.74) is 0.966. The maximum atomic E-state index is 13.0. The summed E-state index contributed by atoms with van der Waals surface area (Å²) in [6.45, 7) is 9.67. The Morgan fingerprint density at radius 1 is 1.19 bits per heavy atom. The molecule has 0 saturated carbocycles. The van der Waals surface area contributed by atoms with Crippen molar-refractivity contribution in [3.63, 3.8) is 0 Å². The Hall–Kier alpha value is -1.92. The van der Waals surface area contributed by atoms with Crippen LogP contribution in [0.1, 0.15) is 36.7 Å². The highest BCUT2D eigenvalue weighted by Gasteiger charge is 2.58. The number of methoxy groups -OCH3 is 1. The zero-order valence-corrected chi connectivity index (χ0v) is 16.7. The summed E-state index contributed by atoms with van der Waals surface area (Å²) >= 11 is 0. The minimum Gasteiger partial charge on any atom is -0.481 e. The highest BCUT2D eigenvalue weighted by molar-refractivity contribution is 5.95. The molecule has 3 rings (SSSR count). The van der Waals surface area contributed by atoms with E-state index in [-0.39, 0.29) is 23.8 Å². The monoisotopic (exact) mass is 374 g/mol. The Morgan fingerprint density at radius 2 is 1.85 bits per heavy atom. The summed E-state index contributed by atoms with van der Waals surface area (Å²) in [5, 5.41) is 9.92. The number of amides is 1. The third-order valence-corrected chi connectivity index (χ3v) is 6.00. The van der Waals surface area contributed by atoms with Gasteiger partial charge >= 0.3 is 5.97 Å². The van der Waals surface area contributed by atoms with Crippen molar-refractivity contribution in [2.75, 3.05) is 46.4 Å². The van der Waals surface area contributed by atoms with Gasteiger partial charge in [0.05, 0.1) is 6.61 Å². The van der Waals surface area contributed by atoms with Gasteiger partial charge in [-0.15, -0.1) is 0 Å². The minimum atomic E-state index is -0.866. The van der Waals surface area contributed by atoms with Crippen molar-refractivity contribution in [2.24, 2.45) is 11.3 Å².